The molecule has 28 heavy (non-hydrogen) atoms. The Labute approximate surface area is 180 Å². The van der Waals surface area contributed by atoms with Crippen molar-refractivity contribution in [2.24, 2.45) is 0 Å². The Balaban J connectivity index is 1.82. The van der Waals surface area contributed by atoms with Crippen molar-refractivity contribution >= 4 is 37.8 Å². The summed E-state index contributed by atoms with van der Waals surface area (Å²) in [6.07, 6.45) is 0.776. The van der Waals surface area contributed by atoms with Crippen LogP contribution in [0.1, 0.15) is 34.1 Å². The molecule has 1 amide bonds. The number of hydrogen-bond donors (Lipinski definition) is 1. The molecular formula is C21H19Br2N3O2. The third-order valence-corrected chi connectivity index (χ3v) is 5.92. The van der Waals surface area contributed by atoms with Crippen LogP contribution < -0.4 is 0 Å². The molecule has 7 heteroatoms. The predicted molar refractivity (Wildman–Crippen MR) is 115 cm³/mol. The van der Waals surface area contributed by atoms with Crippen molar-refractivity contribution in [1.29, 1.82) is 0 Å². The maximum atomic E-state index is 13.2. The first-order valence-electron chi connectivity index (χ1n) is 8.99. The summed E-state index contributed by atoms with van der Waals surface area (Å²) in [7, 11) is 1.68. The van der Waals surface area contributed by atoms with Gasteiger partial charge in [0, 0.05) is 40.3 Å². The monoisotopic (exact) mass is 503 g/mol. The fourth-order valence-electron chi connectivity index (χ4n) is 3.66. The van der Waals surface area contributed by atoms with Gasteiger partial charge in [-0.25, -0.2) is 0 Å². The highest BCUT2D eigenvalue weighted by Crippen LogP contribution is 2.43. The number of ether oxygens (including phenoxy) is 1. The zero-order chi connectivity index (χ0) is 19.7. The Morgan fingerprint density at radius 1 is 1.14 bits per heavy atom. The Hall–Kier alpha value is -1.96. The van der Waals surface area contributed by atoms with Gasteiger partial charge in [-0.3, -0.25) is 9.89 Å². The second kappa shape index (κ2) is 8.19. The van der Waals surface area contributed by atoms with Crippen LogP contribution in [-0.4, -0.2) is 41.3 Å². The fraction of sp³-hybridized carbons (Fsp3) is 0.238. The summed E-state index contributed by atoms with van der Waals surface area (Å²) >= 11 is 7.03. The number of carbonyl (C=O) groups is 1. The van der Waals surface area contributed by atoms with E-state index in [4.69, 9.17) is 4.74 Å². The quantitative estimate of drug-likeness (QED) is 0.470. The highest BCUT2D eigenvalue weighted by molar-refractivity contribution is 9.10. The van der Waals surface area contributed by atoms with Gasteiger partial charge < -0.3 is 9.64 Å². The lowest BCUT2D eigenvalue weighted by Crippen LogP contribution is -2.31. The summed E-state index contributed by atoms with van der Waals surface area (Å²) in [5, 5.41) is 7.48. The highest BCUT2D eigenvalue weighted by Gasteiger charge is 2.41. The van der Waals surface area contributed by atoms with Crippen molar-refractivity contribution in [3.05, 3.63) is 74.3 Å². The average Bonchev–Trinajstić information content (AvgIpc) is 3.22. The molecule has 0 saturated heterocycles. The van der Waals surface area contributed by atoms with E-state index in [1.165, 1.54) is 0 Å². The number of carbonyl (C=O) groups excluding carboxylic acids is 1. The van der Waals surface area contributed by atoms with Gasteiger partial charge in [-0.2, -0.15) is 5.10 Å². The normalized spacial score (nSPS) is 15.9. The van der Waals surface area contributed by atoms with Crippen LogP contribution in [0.5, 0.6) is 0 Å². The highest BCUT2D eigenvalue weighted by atomic mass is 79.9. The molecule has 2 heterocycles. The molecule has 1 aliphatic heterocycles. The molecule has 0 radical (unpaired) electrons. The molecule has 0 bridgehead atoms. The van der Waals surface area contributed by atoms with E-state index < -0.39 is 0 Å². The number of H-pyrrole nitrogens is 1. The molecule has 0 saturated carbocycles. The molecule has 1 atom stereocenters. The van der Waals surface area contributed by atoms with E-state index in [0.717, 1.165) is 37.8 Å². The summed E-state index contributed by atoms with van der Waals surface area (Å²) < 4.78 is 7.18. The topological polar surface area (TPSA) is 58.2 Å². The smallest absolute Gasteiger partial charge is 0.273 e. The van der Waals surface area contributed by atoms with Crippen LogP contribution in [0, 0.1) is 0 Å². The third kappa shape index (κ3) is 3.54. The van der Waals surface area contributed by atoms with Crippen LogP contribution in [0.2, 0.25) is 0 Å². The molecule has 1 aliphatic rings. The third-order valence-electron chi connectivity index (χ3n) is 4.89. The Kier molecular flexibility index (Phi) is 5.66. The first-order valence-corrected chi connectivity index (χ1v) is 10.6. The van der Waals surface area contributed by atoms with Crippen LogP contribution in [0.4, 0.5) is 0 Å². The summed E-state index contributed by atoms with van der Waals surface area (Å²) in [4.78, 5) is 15.1. The molecule has 4 rings (SSSR count). The minimum atomic E-state index is -0.186. The number of aromatic amines is 1. The minimum Gasteiger partial charge on any atom is -0.385 e. The molecule has 1 N–H and O–H groups in total. The van der Waals surface area contributed by atoms with Gasteiger partial charge in [0.15, 0.2) is 0 Å². The zero-order valence-corrected chi connectivity index (χ0v) is 18.5. The van der Waals surface area contributed by atoms with Crippen molar-refractivity contribution in [2.45, 2.75) is 12.5 Å². The van der Waals surface area contributed by atoms with Gasteiger partial charge in [0.2, 0.25) is 0 Å². The van der Waals surface area contributed by atoms with Crippen LogP contribution in [0.3, 0.4) is 0 Å². The van der Waals surface area contributed by atoms with E-state index in [1.54, 1.807) is 7.11 Å². The van der Waals surface area contributed by atoms with E-state index in [-0.39, 0.29) is 11.9 Å². The van der Waals surface area contributed by atoms with Crippen LogP contribution in [0.15, 0.2) is 57.5 Å². The fourth-order valence-corrected chi connectivity index (χ4v) is 4.34. The predicted octanol–water partition coefficient (Wildman–Crippen LogP) is 5.18. The number of nitrogens with one attached hydrogen (secondary N) is 1. The summed E-state index contributed by atoms with van der Waals surface area (Å²) in [6.45, 7) is 1.23. The number of hydrogen-bond acceptors (Lipinski definition) is 3. The summed E-state index contributed by atoms with van der Waals surface area (Å²) in [5.74, 6) is -0.0214. The molecule has 2 aromatic carbocycles. The van der Waals surface area contributed by atoms with Gasteiger partial charge in [0.05, 0.1) is 11.7 Å². The molecule has 0 aliphatic carbocycles. The summed E-state index contributed by atoms with van der Waals surface area (Å²) in [5.41, 5.74) is 4.35. The number of nitrogens with zero attached hydrogens (tertiary/aromatic N) is 2. The van der Waals surface area contributed by atoms with E-state index in [9.17, 15) is 4.79 Å². The van der Waals surface area contributed by atoms with Gasteiger partial charge in [0.1, 0.15) is 5.69 Å². The number of amides is 1. The largest absolute Gasteiger partial charge is 0.385 e. The molecule has 3 aromatic rings. The lowest BCUT2D eigenvalue weighted by Gasteiger charge is -2.26. The zero-order valence-electron chi connectivity index (χ0n) is 15.3. The lowest BCUT2D eigenvalue weighted by molar-refractivity contribution is 0.0723. The number of aromatic nitrogens is 2. The summed E-state index contributed by atoms with van der Waals surface area (Å²) in [6, 6.07) is 15.9. The molecule has 5 nitrogen and oxygen atoms in total. The number of rotatable bonds is 6. The number of benzene rings is 2. The molecular weight excluding hydrogens is 486 g/mol. The van der Waals surface area contributed by atoms with Gasteiger partial charge in [0.25, 0.3) is 5.91 Å². The minimum absolute atomic E-state index is 0.0214. The Morgan fingerprint density at radius 3 is 2.64 bits per heavy atom. The SMILES string of the molecule is COCCCN1C(=O)c2[nH]nc(-c3ccc(Br)cc3)c2C1c1cccc(Br)c1. The van der Waals surface area contributed by atoms with Gasteiger partial charge in [-0.15, -0.1) is 0 Å². The molecule has 0 spiro atoms. The number of halogens is 2. The van der Waals surface area contributed by atoms with Gasteiger partial charge >= 0.3 is 0 Å². The average molecular weight is 505 g/mol. The standard InChI is InChI=1S/C21H19Br2N3O2/c1-28-11-3-10-26-20(14-4-2-5-16(23)12-14)17-18(24-25-19(17)21(26)27)13-6-8-15(22)9-7-13/h2,4-9,12,20H,3,10-11H2,1H3,(H,24,25). The van der Waals surface area contributed by atoms with Crippen LogP contribution >= 0.6 is 31.9 Å². The number of methoxy groups -OCH3 is 1. The Bertz CT molecular complexity index is 1000. The lowest BCUT2D eigenvalue weighted by atomic mass is 9.96. The van der Waals surface area contributed by atoms with Crippen molar-refractivity contribution in [3.63, 3.8) is 0 Å². The van der Waals surface area contributed by atoms with E-state index >= 15 is 0 Å². The number of fused-ring (bicyclic) bond motifs is 1. The first-order chi connectivity index (χ1) is 13.6. The maximum Gasteiger partial charge on any atom is 0.273 e. The van der Waals surface area contributed by atoms with E-state index in [1.807, 2.05) is 41.3 Å². The molecule has 1 unspecified atom stereocenters. The van der Waals surface area contributed by atoms with Crippen LogP contribution in [-0.2, 0) is 4.74 Å². The van der Waals surface area contributed by atoms with Crippen molar-refractivity contribution < 1.29 is 9.53 Å². The molecule has 0 fully saturated rings. The second-order valence-corrected chi connectivity index (χ2v) is 8.50. The van der Waals surface area contributed by atoms with Gasteiger partial charge in [-0.05, 0) is 36.2 Å². The Morgan fingerprint density at radius 2 is 1.93 bits per heavy atom. The molecule has 1 aromatic heterocycles. The van der Waals surface area contributed by atoms with Crippen LogP contribution in [0.25, 0.3) is 11.3 Å². The maximum absolute atomic E-state index is 13.2. The van der Waals surface area contributed by atoms with Crippen molar-refractivity contribution in [1.82, 2.24) is 15.1 Å². The van der Waals surface area contributed by atoms with Crippen molar-refractivity contribution in [3.8, 4) is 11.3 Å². The van der Waals surface area contributed by atoms with E-state index in [0.29, 0.717) is 18.8 Å². The van der Waals surface area contributed by atoms with Gasteiger partial charge in [-0.1, -0.05) is 56.1 Å². The second-order valence-electron chi connectivity index (χ2n) is 6.67. The van der Waals surface area contributed by atoms with Crippen molar-refractivity contribution in [2.75, 3.05) is 20.3 Å². The van der Waals surface area contributed by atoms with E-state index in [2.05, 4.69) is 54.2 Å². The molecule has 144 valence electrons. The first kappa shape index (κ1) is 19.4.